The smallest absolute Gasteiger partial charge is 0.119 e. The fourth-order valence-corrected chi connectivity index (χ4v) is 2.34. The second-order valence-corrected chi connectivity index (χ2v) is 5.56. The molecule has 0 heterocycles. The van der Waals surface area contributed by atoms with Crippen LogP contribution in [0.15, 0.2) is 24.3 Å². The summed E-state index contributed by atoms with van der Waals surface area (Å²) >= 11 is 0. The van der Waals surface area contributed by atoms with Crippen molar-refractivity contribution in [2.75, 3.05) is 26.2 Å². The van der Waals surface area contributed by atoms with Gasteiger partial charge in [-0.3, -0.25) is 4.90 Å². The quantitative estimate of drug-likeness (QED) is 0.630. The predicted molar refractivity (Wildman–Crippen MR) is 90.9 cm³/mol. The van der Waals surface area contributed by atoms with Gasteiger partial charge in [-0.15, -0.1) is 0 Å². The third-order valence-corrected chi connectivity index (χ3v) is 3.95. The van der Waals surface area contributed by atoms with Gasteiger partial charge in [0.05, 0.1) is 0 Å². The van der Waals surface area contributed by atoms with Gasteiger partial charge in [0.1, 0.15) is 12.4 Å². The standard InChI is InChI=1S/C18H32N2O/c1-5-12-19-15-17-8-10-18(11-9-17)21-14-13-20(7-3)16(4)6-2/h8-11,16,19H,5-7,12-15H2,1-4H3. The maximum Gasteiger partial charge on any atom is 0.119 e. The van der Waals surface area contributed by atoms with Crippen molar-refractivity contribution in [3.63, 3.8) is 0 Å². The summed E-state index contributed by atoms with van der Waals surface area (Å²) in [7, 11) is 0. The first-order valence-corrected chi connectivity index (χ1v) is 8.37. The first kappa shape index (κ1) is 18.0. The van der Waals surface area contributed by atoms with Crippen molar-refractivity contribution < 1.29 is 4.74 Å². The molecular formula is C18H32N2O. The molecule has 0 radical (unpaired) electrons. The van der Waals surface area contributed by atoms with Crippen LogP contribution >= 0.6 is 0 Å². The van der Waals surface area contributed by atoms with E-state index in [0.717, 1.165) is 38.5 Å². The Labute approximate surface area is 130 Å². The lowest BCUT2D eigenvalue weighted by atomic mass is 10.2. The molecule has 3 nitrogen and oxygen atoms in total. The lowest BCUT2D eigenvalue weighted by Gasteiger charge is -2.26. The number of hydrogen-bond acceptors (Lipinski definition) is 3. The molecule has 0 fully saturated rings. The number of ether oxygens (including phenoxy) is 1. The van der Waals surface area contributed by atoms with Crippen LogP contribution in [-0.2, 0) is 6.54 Å². The van der Waals surface area contributed by atoms with Crippen LogP contribution in [0.3, 0.4) is 0 Å². The van der Waals surface area contributed by atoms with Gasteiger partial charge in [-0.25, -0.2) is 0 Å². The van der Waals surface area contributed by atoms with Crippen LogP contribution in [-0.4, -0.2) is 37.2 Å². The van der Waals surface area contributed by atoms with Crippen LogP contribution in [0, 0.1) is 0 Å². The Kier molecular flexibility index (Phi) is 9.11. The predicted octanol–water partition coefficient (Wildman–Crippen LogP) is 3.69. The first-order valence-electron chi connectivity index (χ1n) is 8.37. The minimum atomic E-state index is 0.630. The molecule has 0 amide bonds. The Morgan fingerprint density at radius 3 is 2.43 bits per heavy atom. The molecule has 1 atom stereocenters. The highest BCUT2D eigenvalue weighted by molar-refractivity contribution is 5.27. The maximum absolute atomic E-state index is 5.85. The molecule has 1 aromatic carbocycles. The van der Waals surface area contributed by atoms with Crippen molar-refractivity contribution in [2.24, 2.45) is 0 Å². The van der Waals surface area contributed by atoms with Crippen molar-refractivity contribution in [1.29, 1.82) is 0 Å². The molecule has 0 saturated carbocycles. The molecule has 0 aromatic heterocycles. The lowest BCUT2D eigenvalue weighted by molar-refractivity contribution is 0.171. The molecule has 0 bridgehead atoms. The molecule has 1 aromatic rings. The molecule has 0 spiro atoms. The van der Waals surface area contributed by atoms with Crippen LogP contribution in [0.2, 0.25) is 0 Å². The summed E-state index contributed by atoms with van der Waals surface area (Å²) in [6.07, 6.45) is 2.36. The van der Waals surface area contributed by atoms with Gasteiger partial charge in [-0.1, -0.05) is 32.9 Å². The zero-order valence-corrected chi connectivity index (χ0v) is 14.2. The van der Waals surface area contributed by atoms with E-state index in [4.69, 9.17) is 4.74 Å². The van der Waals surface area contributed by atoms with Gasteiger partial charge in [0, 0.05) is 19.1 Å². The largest absolute Gasteiger partial charge is 0.492 e. The number of likely N-dealkylation sites (N-methyl/N-ethyl adjacent to an activating group) is 1. The summed E-state index contributed by atoms with van der Waals surface area (Å²) in [6, 6.07) is 9.06. The van der Waals surface area contributed by atoms with Crippen molar-refractivity contribution in [2.45, 2.75) is 53.1 Å². The number of rotatable bonds is 11. The van der Waals surface area contributed by atoms with E-state index >= 15 is 0 Å². The van der Waals surface area contributed by atoms with Gasteiger partial charge in [0.25, 0.3) is 0 Å². The van der Waals surface area contributed by atoms with Gasteiger partial charge >= 0.3 is 0 Å². The molecule has 1 N–H and O–H groups in total. The fourth-order valence-electron chi connectivity index (χ4n) is 2.34. The van der Waals surface area contributed by atoms with Crippen molar-refractivity contribution in [3.8, 4) is 5.75 Å². The highest BCUT2D eigenvalue weighted by Gasteiger charge is 2.09. The third-order valence-electron chi connectivity index (χ3n) is 3.95. The second kappa shape index (κ2) is 10.6. The minimum absolute atomic E-state index is 0.630. The van der Waals surface area contributed by atoms with E-state index in [-0.39, 0.29) is 0 Å². The Hall–Kier alpha value is -1.06. The molecule has 0 saturated heterocycles. The fraction of sp³-hybridized carbons (Fsp3) is 0.667. The summed E-state index contributed by atoms with van der Waals surface area (Å²) in [4.78, 5) is 2.46. The normalized spacial score (nSPS) is 12.6. The van der Waals surface area contributed by atoms with Gasteiger partial charge in [-0.2, -0.15) is 0 Å². The number of nitrogens with one attached hydrogen (secondary N) is 1. The van der Waals surface area contributed by atoms with E-state index in [9.17, 15) is 0 Å². The average Bonchev–Trinajstić information content (AvgIpc) is 2.52. The third kappa shape index (κ3) is 6.96. The van der Waals surface area contributed by atoms with Gasteiger partial charge < -0.3 is 10.1 Å². The summed E-state index contributed by atoms with van der Waals surface area (Å²) in [5.41, 5.74) is 1.31. The van der Waals surface area contributed by atoms with Crippen molar-refractivity contribution in [3.05, 3.63) is 29.8 Å². The second-order valence-electron chi connectivity index (χ2n) is 5.56. The van der Waals surface area contributed by atoms with Gasteiger partial charge in [0.2, 0.25) is 0 Å². The molecule has 0 aliphatic carbocycles. The Morgan fingerprint density at radius 2 is 1.86 bits per heavy atom. The molecule has 0 aliphatic rings. The molecule has 21 heavy (non-hydrogen) atoms. The van der Waals surface area contributed by atoms with E-state index in [1.54, 1.807) is 0 Å². The van der Waals surface area contributed by atoms with E-state index in [0.29, 0.717) is 6.04 Å². The summed E-state index contributed by atoms with van der Waals surface area (Å²) in [5.74, 6) is 0.967. The van der Waals surface area contributed by atoms with Crippen LogP contribution in [0.1, 0.15) is 46.1 Å². The molecular weight excluding hydrogens is 260 g/mol. The Bertz CT molecular complexity index is 364. The zero-order valence-electron chi connectivity index (χ0n) is 14.2. The minimum Gasteiger partial charge on any atom is -0.492 e. The summed E-state index contributed by atoms with van der Waals surface area (Å²) in [6.45, 7) is 13.7. The lowest BCUT2D eigenvalue weighted by Crippen LogP contribution is -2.35. The van der Waals surface area contributed by atoms with Crippen LogP contribution in [0.25, 0.3) is 0 Å². The maximum atomic E-state index is 5.85. The zero-order chi connectivity index (χ0) is 15.5. The Morgan fingerprint density at radius 1 is 1.14 bits per heavy atom. The topological polar surface area (TPSA) is 24.5 Å². The Balaban J connectivity index is 2.32. The SMILES string of the molecule is CCCNCc1ccc(OCCN(CC)C(C)CC)cc1. The molecule has 3 heteroatoms. The highest BCUT2D eigenvalue weighted by Crippen LogP contribution is 2.12. The van der Waals surface area contributed by atoms with Crippen LogP contribution in [0.4, 0.5) is 0 Å². The molecule has 120 valence electrons. The highest BCUT2D eigenvalue weighted by atomic mass is 16.5. The monoisotopic (exact) mass is 292 g/mol. The van der Waals surface area contributed by atoms with Gasteiger partial charge in [-0.05, 0) is 50.6 Å². The molecule has 0 aliphatic heterocycles. The summed E-state index contributed by atoms with van der Waals surface area (Å²) in [5, 5.41) is 3.41. The van der Waals surface area contributed by atoms with Gasteiger partial charge in [0.15, 0.2) is 0 Å². The van der Waals surface area contributed by atoms with E-state index in [1.807, 2.05) is 0 Å². The van der Waals surface area contributed by atoms with E-state index in [1.165, 1.54) is 18.4 Å². The number of nitrogens with zero attached hydrogens (tertiary/aromatic N) is 1. The first-order chi connectivity index (χ1) is 10.2. The number of benzene rings is 1. The number of hydrogen-bond donors (Lipinski definition) is 1. The molecule has 1 rings (SSSR count). The van der Waals surface area contributed by atoms with Crippen LogP contribution in [0.5, 0.6) is 5.75 Å². The van der Waals surface area contributed by atoms with E-state index < -0.39 is 0 Å². The van der Waals surface area contributed by atoms with Crippen molar-refractivity contribution in [1.82, 2.24) is 10.2 Å². The molecule has 1 unspecified atom stereocenters. The van der Waals surface area contributed by atoms with E-state index in [2.05, 4.69) is 62.2 Å². The average molecular weight is 292 g/mol. The summed E-state index contributed by atoms with van der Waals surface area (Å²) < 4.78 is 5.85. The van der Waals surface area contributed by atoms with Crippen LogP contribution < -0.4 is 10.1 Å². The van der Waals surface area contributed by atoms with Crippen molar-refractivity contribution >= 4 is 0 Å².